The van der Waals surface area contributed by atoms with Crippen molar-refractivity contribution in [2.75, 3.05) is 14.2 Å². The van der Waals surface area contributed by atoms with Gasteiger partial charge in [0.1, 0.15) is 5.75 Å². The van der Waals surface area contributed by atoms with Crippen LogP contribution in [-0.4, -0.2) is 41.0 Å². The molecule has 3 rings (SSSR count). The molecule has 144 valence electrons. The van der Waals surface area contributed by atoms with Crippen molar-refractivity contribution in [2.24, 2.45) is 0 Å². The zero-order valence-electron chi connectivity index (χ0n) is 15.9. The summed E-state index contributed by atoms with van der Waals surface area (Å²) < 4.78 is 6.82. The number of methoxy groups -OCH3 is 1. The van der Waals surface area contributed by atoms with E-state index >= 15 is 0 Å². The minimum atomic E-state index is -0.318. The predicted octanol–water partition coefficient (Wildman–Crippen LogP) is 1.87. The molecular formula is C20H21N5O3. The van der Waals surface area contributed by atoms with Gasteiger partial charge < -0.3 is 15.4 Å². The zero-order valence-corrected chi connectivity index (χ0v) is 15.9. The van der Waals surface area contributed by atoms with Gasteiger partial charge in [0.2, 0.25) is 0 Å². The Kier molecular flexibility index (Phi) is 5.69. The van der Waals surface area contributed by atoms with Gasteiger partial charge in [-0.05, 0) is 36.8 Å². The maximum Gasteiger partial charge on any atom is 0.274 e. The molecule has 2 amide bonds. The van der Waals surface area contributed by atoms with E-state index in [1.807, 2.05) is 24.3 Å². The third kappa shape index (κ3) is 4.01. The lowest BCUT2D eigenvalue weighted by molar-refractivity contribution is 0.0941. The van der Waals surface area contributed by atoms with Gasteiger partial charge in [-0.25, -0.2) is 4.68 Å². The molecule has 8 heteroatoms. The highest BCUT2D eigenvalue weighted by atomic mass is 16.5. The van der Waals surface area contributed by atoms with Crippen LogP contribution in [0, 0.1) is 6.92 Å². The van der Waals surface area contributed by atoms with Crippen molar-refractivity contribution in [3.05, 3.63) is 71.0 Å². The zero-order chi connectivity index (χ0) is 20.1. The first-order valence-electron chi connectivity index (χ1n) is 8.69. The van der Waals surface area contributed by atoms with Crippen LogP contribution in [0.3, 0.4) is 0 Å². The Morgan fingerprint density at radius 3 is 2.54 bits per heavy atom. The lowest BCUT2D eigenvalue weighted by Gasteiger charge is -2.07. The summed E-state index contributed by atoms with van der Waals surface area (Å²) in [7, 11) is 3.17. The molecule has 0 aliphatic carbocycles. The molecule has 0 atom stereocenters. The van der Waals surface area contributed by atoms with E-state index in [2.05, 4.69) is 20.9 Å². The summed E-state index contributed by atoms with van der Waals surface area (Å²) in [4.78, 5) is 24.1. The summed E-state index contributed by atoms with van der Waals surface area (Å²) in [6, 6.07) is 14.4. The summed E-state index contributed by atoms with van der Waals surface area (Å²) in [5.41, 5.74) is 3.08. The average molecular weight is 379 g/mol. The smallest absolute Gasteiger partial charge is 0.274 e. The number of amides is 2. The molecule has 3 aromatic rings. The number of hydrogen-bond acceptors (Lipinski definition) is 5. The minimum absolute atomic E-state index is 0.152. The Labute approximate surface area is 162 Å². The van der Waals surface area contributed by atoms with Crippen LogP contribution in [0.15, 0.2) is 48.5 Å². The Hall–Kier alpha value is -3.68. The van der Waals surface area contributed by atoms with Crippen LogP contribution in [0.1, 0.15) is 32.1 Å². The third-order valence-corrected chi connectivity index (χ3v) is 4.30. The van der Waals surface area contributed by atoms with Crippen LogP contribution in [-0.2, 0) is 6.54 Å². The molecule has 0 aliphatic heterocycles. The van der Waals surface area contributed by atoms with Gasteiger partial charge >= 0.3 is 0 Å². The molecule has 8 nitrogen and oxygen atoms in total. The van der Waals surface area contributed by atoms with Gasteiger partial charge in [0.05, 0.1) is 18.5 Å². The molecule has 1 aromatic heterocycles. The number of nitrogens with one attached hydrogen (secondary N) is 2. The van der Waals surface area contributed by atoms with E-state index in [1.54, 1.807) is 50.0 Å². The number of carbonyl (C=O) groups excluding carboxylic acids is 2. The molecule has 0 bridgehead atoms. The number of rotatable bonds is 6. The highest BCUT2D eigenvalue weighted by Gasteiger charge is 2.17. The van der Waals surface area contributed by atoms with E-state index in [0.29, 0.717) is 23.6 Å². The normalized spacial score (nSPS) is 10.4. The molecule has 0 saturated carbocycles. The molecule has 0 radical (unpaired) electrons. The van der Waals surface area contributed by atoms with Crippen molar-refractivity contribution in [3.63, 3.8) is 0 Å². The van der Waals surface area contributed by atoms with Crippen LogP contribution >= 0.6 is 0 Å². The maximum atomic E-state index is 12.5. The van der Waals surface area contributed by atoms with E-state index in [0.717, 1.165) is 11.3 Å². The minimum Gasteiger partial charge on any atom is -0.497 e. The molecular weight excluding hydrogens is 358 g/mol. The molecule has 0 fully saturated rings. The summed E-state index contributed by atoms with van der Waals surface area (Å²) in [6.45, 7) is 2.10. The van der Waals surface area contributed by atoms with Gasteiger partial charge in [0, 0.05) is 25.2 Å². The summed E-state index contributed by atoms with van der Waals surface area (Å²) in [5.74, 6) is 0.223. The lowest BCUT2D eigenvalue weighted by atomic mass is 10.1. The van der Waals surface area contributed by atoms with Crippen molar-refractivity contribution in [2.45, 2.75) is 13.5 Å². The van der Waals surface area contributed by atoms with Crippen LogP contribution in [0.4, 0.5) is 0 Å². The second-order valence-corrected chi connectivity index (χ2v) is 6.10. The van der Waals surface area contributed by atoms with Gasteiger partial charge in [-0.1, -0.05) is 23.4 Å². The van der Waals surface area contributed by atoms with Crippen molar-refractivity contribution in [1.82, 2.24) is 25.6 Å². The molecule has 1 heterocycles. The van der Waals surface area contributed by atoms with E-state index < -0.39 is 0 Å². The van der Waals surface area contributed by atoms with E-state index in [9.17, 15) is 9.59 Å². The first-order valence-corrected chi connectivity index (χ1v) is 8.69. The second-order valence-electron chi connectivity index (χ2n) is 6.10. The largest absolute Gasteiger partial charge is 0.497 e. The molecule has 28 heavy (non-hydrogen) atoms. The van der Waals surface area contributed by atoms with Crippen LogP contribution in [0.5, 0.6) is 5.75 Å². The quantitative estimate of drug-likeness (QED) is 0.681. The van der Waals surface area contributed by atoms with Crippen LogP contribution in [0.25, 0.3) is 5.69 Å². The SMILES string of the molecule is CNC(=O)c1ccc(CNC(=O)c2nnn(-c3cccc(OC)c3)c2C)cc1. The Balaban J connectivity index is 1.70. The topological polar surface area (TPSA) is 98.1 Å². The molecule has 0 aliphatic rings. The molecule has 2 aromatic carbocycles. The maximum absolute atomic E-state index is 12.5. The van der Waals surface area contributed by atoms with Gasteiger partial charge in [0.25, 0.3) is 11.8 Å². The Morgan fingerprint density at radius 1 is 1.11 bits per heavy atom. The molecule has 0 spiro atoms. The number of aromatic nitrogens is 3. The molecule has 0 saturated heterocycles. The van der Waals surface area contributed by atoms with E-state index in [4.69, 9.17) is 4.74 Å². The van der Waals surface area contributed by atoms with Gasteiger partial charge in [0.15, 0.2) is 5.69 Å². The number of nitrogens with zero attached hydrogens (tertiary/aromatic N) is 3. The first kappa shape index (κ1) is 19.1. The summed E-state index contributed by atoms with van der Waals surface area (Å²) in [6.07, 6.45) is 0. The summed E-state index contributed by atoms with van der Waals surface area (Å²) >= 11 is 0. The number of benzene rings is 2. The fourth-order valence-corrected chi connectivity index (χ4v) is 2.71. The van der Waals surface area contributed by atoms with Crippen molar-refractivity contribution in [1.29, 1.82) is 0 Å². The summed E-state index contributed by atoms with van der Waals surface area (Å²) in [5, 5.41) is 13.5. The first-order chi connectivity index (χ1) is 13.5. The molecule has 0 unspecified atom stereocenters. The third-order valence-electron chi connectivity index (χ3n) is 4.30. The monoisotopic (exact) mass is 379 g/mol. The lowest BCUT2D eigenvalue weighted by Crippen LogP contribution is -2.24. The van der Waals surface area contributed by atoms with Gasteiger partial charge in [-0.15, -0.1) is 5.10 Å². The fraction of sp³-hybridized carbons (Fsp3) is 0.200. The van der Waals surface area contributed by atoms with E-state index in [-0.39, 0.29) is 17.5 Å². The van der Waals surface area contributed by atoms with Crippen LogP contribution < -0.4 is 15.4 Å². The second kappa shape index (κ2) is 8.34. The Bertz CT molecular complexity index is 995. The highest BCUT2D eigenvalue weighted by Crippen LogP contribution is 2.18. The van der Waals surface area contributed by atoms with Crippen molar-refractivity contribution < 1.29 is 14.3 Å². The standard InChI is InChI=1S/C20H21N5O3/c1-13-18(23-24-25(13)16-5-4-6-17(11-16)28-3)20(27)22-12-14-7-9-15(10-8-14)19(26)21-2/h4-11H,12H2,1-3H3,(H,21,26)(H,22,27). The van der Waals surface area contributed by atoms with Gasteiger partial charge in [-0.3, -0.25) is 9.59 Å². The average Bonchev–Trinajstić information content (AvgIpc) is 3.13. The van der Waals surface area contributed by atoms with Crippen molar-refractivity contribution >= 4 is 11.8 Å². The highest BCUT2D eigenvalue weighted by molar-refractivity contribution is 5.94. The number of carbonyl (C=O) groups is 2. The van der Waals surface area contributed by atoms with Gasteiger partial charge in [-0.2, -0.15) is 0 Å². The number of hydrogen-bond donors (Lipinski definition) is 2. The van der Waals surface area contributed by atoms with Crippen molar-refractivity contribution in [3.8, 4) is 11.4 Å². The van der Waals surface area contributed by atoms with E-state index in [1.165, 1.54) is 0 Å². The van der Waals surface area contributed by atoms with Crippen LogP contribution in [0.2, 0.25) is 0 Å². The fourth-order valence-electron chi connectivity index (χ4n) is 2.71. The number of ether oxygens (including phenoxy) is 1. The molecule has 2 N–H and O–H groups in total. The Morgan fingerprint density at radius 2 is 1.86 bits per heavy atom. The predicted molar refractivity (Wildman–Crippen MR) is 104 cm³/mol.